The average molecular weight is 259 g/mol. The van der Waals surface area contributed by atoms with Crippen LogP contribution in [0, 0.1) is 23.7 Å². The quantitative estimate of drug-likeness (QED) is 0.814. The fraction of sp³-hybridized carbons (Fsp3) is 0.917. The third-order valence-electron chi connectivity index (χ3n) is 3.97. The van der Waals surface area contributed by atoms with Crippen molar-refractivity contribution in [2.75, 3.05) is 5.75 Å². The van der Waals surface area contributed by atoms with E-state index in [0.717, 1.165) is 25.7 Å². The summed E-state index contributed by atoms with van der Waals surface area (Å²) in [5.41, 5.74) is 0. The van der Waals surface area contributed by atoms with Crippen LogP contribution >= 0.6 is 0 Å². The van der Waals surface area contributed by atoms with Crippen molar-refractivity contribution in [3.05, 3.63) is 0 Å². The first-order chi connectivity index (χ1) is 7.89. The van der Waals surface area contributed by atoms with E-state index in [1.165, 1.54) is 0 Å². The highest BCUT2D eigenvalue weighted by Crippen LogP contribution is 2.44. The minimum absolute atomic E-state index is 0.0776. The predicted molar refractivity (Wildman–Crippen MR) is 65.7 cm³/mol. The van der Waals surface area contributed by atoms with Gasteiger partial charge in [-0.05, 0) is 37.0 Å². The van der Waals surface area contributed by atoms with Crippen LogP contribution in [0.15, 0.2) is 0 Å². The highest BCUT2D eigenvalue weighted by atomic mass is 32.2. The molecule has 0 spiro atoms. The Balaban J connectivity index is 1.82. The fourth-order valence-corrected chi connectivity index (χ4v) is 3.99. The van der Waals surface area contributed by atoms with Gasteiger partial charge in [-0.1, -0.05) is 20.3 Å². The van der Waals surface area contributed by atoms with E-state index in [2.05, 4.69) is 18.6 Å². The predicted octanol–water partition coefficient (Wildman–Crippen LogP) is 1.52. The number of sulfonamides is 1. The highest BCUT2D eigenvalue weighted by molar-refractivity contribution is 7.90. The second-order valence-corrected chi connectivity index (χ2v) is 7.56. The topological polar surface area (TPSA) is 63.2 Å². The van der Waals surface area contributed by atoms with E-state index in [-0.39, 0.29) is 23.5 Å². The molecule has 2 aliphatic carbocycles. The number of amides is 1. The number of rotatable bonds is 5. The normalized spacial score (nSPS) is 28.9. The van der Waals surface area contributed by atoms with E-state index in [4.69, 9.17) is 0 Å². The Hall–Kier alpha value is -0.580. The number of carbonyl (C=O) groups excluding carboxylic acids is 1. The lowest BCUT2D eigenvalue weighted by Gasteiger charge is -2.24. The summed E-state index contributed by atoms with van der Waals surface area (Å²) in [5, 5.41) is 0. The second kappa shape index (κ2) is 4.59. The molecule has 0 aromatic carbocycles. The van der Waals surface area contributed by atoms with Crippen molar-refractivity contribution in [3.8, 4) is 0 Å². The molecule has 0 bridgehead atoms. The van der Waals surface area contributed by atoms with E-state index in [0.29, 0.717) is 11.8 Å². The van der Waals surface area contributed by atoms with Crippen LogP contribution in [0.5, 0.6) is 0 Å². The minimum Gasteiger partial charge on any atom is -0.274 e. The molecule has 2 atom stereocenters. The molecule has 4 nitrogen and oxygen atoms in total. The van der Waals surface area contributed by atoms with Gasteiger partial charge in [0.15, 0.2) is 0 Å². The Morgan fingerprint density at radius 3 is 2.41 bits per heavy atom. The van der Waals surface area contributed by atoms with Gasteiger partial charge in [0.2, 0.25) is 15.9 Å². The summed E-state index contributed by atoms with van der Waals surface area (Å²) in [6.07, 6.45) is 3.91. The zero-order valence-corrected chi connectivity index (χ0v) is 11.3. The van der Waals surface area contributed by atoms with Crippen molar-refractivity contribution in [2.24, 2.45) is 23.7 Å². The van der Waals surface area contributed by atoms with Crippen molar-refractivity contribution >= 4 is 15.9 Å². The van der Waals surface area contributed by atoms with Crippen LogP contribution in [0.1, 0.15) is 39.5 Å². The summed E-state index contributed by atoms with van der Waals surface area (Å²) in [7, 11) is -3.39. The molecule has 17 heavy (non-hydrogen) atoms. The molecule has 2 aliphatic rings. The second-order valence-electron chi connectivity index (χ2n) is 5.79. The lowest BCUT2D eigenvalue weighted by Crippen LogP contribution is -2.37. The van der Waals surface area contributed by atoms with E-state index in [1.807, 2.05) is 0 Å². The van der Waals surface area contributed by atoms with Gasteiger partial charge in [-0.2, -0.15) is 0 Å². The molecule has 0 saturated heterocycles. The Bertz CT molecular complexity index is 398. The van der Waals surface area contributed by atoms with Gasteiger partial charge >= 0.3 is 0 Å². The molecule has 0 heterocycles. The molecule has 1 N–H and O–H groups in total. The smallest absolute Gasteiger partial charge is 0.236 e. The lowest BCUT2D eigenvalue weighted by atomic mass is 9.87. The van der Waals surface area contributed by atoms with E-state index < -0.39 is 10.0 Å². The van der Waals surface area contributed by atoms with Crippen molar-refractivity contribution in [2.45, 2.75) is 39.5 Å². The third-order valence-corrected chi connectivity index (χ3v) is 5.39. The van der Waals surface area contributed by atoms with Gasteiger partial charge in [0.25, 0.3) is 0 Å². The van der Waals surface area contributed by atoms with E-state index >= 15 is 0 Å². The molecule has 0 aromatic rings. The van der Waals surface area contributed by atoms with E-state index in [9.17, 15) is 13.2 Å². The maximum absolute atomic E-state index is 11.7. The maximum atomic E-state index is 11.7. The molecule has 0 aromatic heterocycles. The van der Waals surface area contributed by atoms with Crippen LogP contribution in [-0.2, 0) is 14.8 Å². The van der Waals surface area contributed by atoms with Gasteiger partial charge in [-0.15, -0.1) is 0 Å². The van der Waals surface area contributed by atoms with Crippen LogP contribution in [0.4, 0.5) is 0 Å². The first kappa shape index (κ1) is 12.9. The zero-order valence-electron chi connectivity index (χ0n) is 10.5. The SMILES string of the molecule is CC(C)C1CC1C(=O)NS(=O)(=O)CC1CCC1. The number of carbonyl (C=O) groups is 1. The van der Waals surface area contributed by atoms with Gasteiger partial charge in [0, 0.05) is 5.92 Å². The summed E-state index contributed by atoms with van der Waals surface area (Å²) < 4.78 is 25.7. The largest absolute Gasteiger partial charge is 0.274 e. The molecule has 2 unspecified atom stereocenters. The average Bonchev–Trinajstić information content (AvgIpc) is 2.90. The Morgan fingerprint density at radius 2 is 2.00 bits per heavy atom. The first-order valence-corrected chi connectivity index (χ1v) is 8.08. The van der Waals surface area contributed by atoms with Crippen LogP contribution < -0.4 is 4.72 Å². The Kier molecular flexibility index (Phi) is 3.48. The fourth-order valence-electron chi connectivity index (χ4n) is 2.49. The molecule has 1 amide bonds. The van der Waals surface area contributed by atoms with Crippen LogP contribution in [0.3, 0.4) is 0 Å². The van der Waals surface area contributed by atoms with E-state index in [1.54, 1.807) is 0 Å². The lowest BCUT2D eigenvalue weighted by molar-refractivity contribution is -0.120. The summed E-state index contributed by atoms with van der Waals surface area (Å²) in [6, 6.07) is 0. The van der Waals surface area contributed by atoms with Crippen molar-refractivity contribution < 1.29 is 13.2 Å². The zero-order chi connectivity index (χ0) is 12.6. The molecule has 0 aliphatic heterocycles. The van der Waals surface area contributed by atoms with Gasteiger partial charge in [-0.25, -0.2) is 8.42 Å². The van der Waals surface area contributed by atoms with Gasteiger partial charge in [-0.3, -0.25) is 9.52 Å². The molecular weight excluding hydrogens is 238 g/mol. The number of nitrogens with one attached hydrogen (secondary N) is 1. The van der Waals surface area contributed by atoms with Crippen molar-refractivity contribution in [3.63, 3.8) is 0 Å². The molecule has 5 heteroatoms. The summed E-state index contributed by atoms with van der Waals surface area (Å²) >= 11 is 0. The summed E-state index contributed by atoms with van der Waals surface area (Å²) in [4.78, 5) is 11.7. The van der Waals surface area contributed by atoms with Gasteiger partial charge < -0.3 is 0 Å². The van der Waals surface area contributed by atoms with Crippen molar-refractivity contribution in [1.29, 1.82) is 0 Å². The van der Waals surface area contributed by atoms with Crippen molar-refractivity contribution in [1.82, 2.24) is 4.72 Å². The highest BCUT2D eigenvalue weighted by Gasteiger charge is 2.45. The molecule has 2 fully saturated rings. The van der Waals surface area contributed by atoms with Crippen LogP contribution in [0.2, 0.25) is 0 Å². The van der Waals surface area contributed by atoms with Crippen LogP contribution in [-0.4, -0.2) is 20.1 Å². The summed E-state index contributed by atoms with van der Waals surface area (Å²) in [6.45, 7) is 4.14. The van der Waals surface area contributed by atoms with Gasteiger partial charge in [0.05, 0.1) is 5.75 Å². The molecule has 2 rings (SSSR count). The number of hydrogen-bond acceptors (Lipinski definition) is 3. The Labute approximate surface area is 103 Å². The first-order valence-electron chi connectivity index (χ1n) is 6.43. The minimum atomic E-state index is -3.39. The monoisotopic (exact) mass is 259 g/mol. The Morgan fingerprint density at radius 1 is 1.35 bits per heavy atom. The molecule has 2 saturated carbocycles. The maximum Gasteiger partial charge on any atom is 0.236 e. The standard InChI is InChI=1S/C12H21NO3S/c1-8(2)10-6-11(10)12(14)13-17(15,16)7-9-4-3-5-9/h8-11H,3-7H2,1-2H3,(H,13,14). The third kappa shape index (κ3) is 3.21. The van der Waals surface area contributed by atoms with Gasteiger partial charge in [0.1, 0.15) is 0 Å². The molecule has 0 radical (unpaired) electrons. The molecular formula is C12H21NO3S. The summed E-state index contributed by atoms with van der Waals surface area (Å²) in [5.74, 6) is 0.848. The number of hydrogen-bond donors (Lipinski definition) is 1. The molecule has 98 valence electrons. The van der Waals surface area contributed by atoms with Crippen LogP contribution in [0.25, 0.3) is 0 Å².